The van der Waals surface area contributed by atoms with E-state index < -0.39 is 18.0 Å². The van der Waals surface area contributed by atoms with Crippen LogP contribution in [0.2, 0.25) is 0 Å². The Balaban J connectivity index is 1.74. The summed E-state index contributed by atoms with van der Waals surface area (Å²) in [6, 6.07) is 0. The zero-order valence-electron chi connectivity index (χ0n) is 10.1. The van der Waals surface area contributed by atoms with Crippen molar-refractivity contribution in [3.8, 4) is 0 Å². The molecule has 3 heterocycles. The zero-order chi connectivity index (χ0) is 12.2. The van der Waals surface area contributed by atoms with Crippen molar-refractivity contribution in [3.05, 3.63) is 0 Å². The Morgan fingerprint density at radius 2 is 2.18 bits per heavy atom. The molecule has 0 aliphatic carbocycles. The van der Waals surface area contributed by atoms with Crippen molar-refractivity contribution >= 4 is 5.71 Å². The fourth-order valence-corrected chi connectivity index (χ4v) is 2.44. The van der Waals surface area contributed by atoms with Crippen molar-refractivity contribution in [1.29, 1.82) is 0 Å². The standard InChI is InChI=1S/C11H17NO5/c1-5-8(13)10-9(15-5)7(12-17-10)6-4-14-11(2,3)16-6/h5-6,8-10,13H,4H2,1-3H3/t5-,6-,8-,9+,10+/m1/s1. The minimum Gasteiger partial charge on any atom is -0.386 e. The Kier molecular flexibility index (Phi) is 2.45. The molecule has 3 aliphatic rings. The molecule has 2 fully saturated rings. The van der Waals surface area contributed by atoms with Gasteiger partial charge in [-0.05, 0) is 20.8 Å². The number of nitrogens with zero attached hydrogens (tertiary/aromatic N) is 1. The molecule has 0 aromatic rings. The minimum atomic E-state index is -0.642. The summed E-state index contributed by atoms with van der Waals surface area (Å²) in [4.78, 5) is 5.23. The molecule has 6 nitrogen and oxygen atoms in total. The number of aliphatic hydroxyl groups is 1. The third-order valence-electron chi connectivity index (χ3n) is 3.39. The SMILES string of the molecule is C[C@H]1O[C@H]2C([C@H]3COC(C)(C)O3)=NO[C@H]2[C@@H]1O. The van der Waals surface area contributed by atoms with Crippen molar-refractivity contribution < 1.29 is 24.2 Å². The lowest BCUT2D eigenvalue weighted by molar-refractivity contribution is -0.131. The first-order chi connectivity index (χ1) is 7.98. The van der Waals surface area contributed by atoms with E-state index >= 15 is 0 Å². The second kappa shape index (κ2) is 3.65. The van der Waals surface area contributed by atoms with E-state index in [0.717, 1.165) is 0 Å². The highest BCUT2D eigenvalue weighted by Crippen LogP contribution is 2.33. The quantitative estimate of drug-likeness (QED) is 0.704. The number of aliphatic hydroxyl groups excluding tert-OH is 1. The molecule has 1 N–H and O–H groups in total. The van der Waals surface area contributed by atoms with Gasteiger partial charge in [-0.25, -0.2) is 0 Å². The monoisotopic (exact) mass is 243 g/mol. The van der Waals surface area contributed by atoms with Gasteiger partial charge in [0.1, 0.15) is 24.0 Å². The van der Waals surface area contributed by atoms with Gasteiger partial charge in [0.05, 0.1) is 12.7 Å². The molecule has 0 amide bonds. The van der Waals surface area contributed by atoms with Crippen LogP contribution in [0.15, 0.2) is 5.16 Å². The van der Waals surface area contributed by atoms with Gasteiger partial charge in [-0.15, -0.1) is 0 Å². The van der Waals surface area contributed by atoms with E-state index in [4.69, 9.17) is 19.0 Å². The highest BCUT2D eigenvalue weighted by atomic mass is 16.7. The van der Waals surface area contributed by atoms with Crippen LogP contribution in [-0.2, 0) is 19.0 Å². The molecule has 0 aromatic heterocycles. The number of hydrogen-bond donors (Lipinski definition) is 1. The van der Waals surface area contributed by atoms with Crippen LogP contribution in [0, 0.1) is 0 Å². The molecular weight excluding hydrogens is 226 g/mol. The molecule has 96 valence electrons. The number of ether oxygens (including phenoxy) is 3. The van der Waals surface area contributed by atoms with Gasteiger partial charge in [0, 0.05) is 0 Å². The molecule has 3 rings (SSSR count). The van der Waals surface area contributed by atoms with Gasteiger partial charge >= 0.3 is 0 Å². The third-order valence-corrected chi connectivity index (χ3v) is 3.39. The second-order valence-corrected chi connectivity index (χ2v) is 5.16. The minimum absolute atomic E-state index is 0.245. The Morgan fingerprint density at radius 3 is 2.82 bits per heavy atom. The van der Waals surface area contributed by atoms with E-state index in [1.807, 2.05) is 20.8 Å². The molecule has 0 aromatic carbocycles. The largest absolute Gasteiger partial charge is 0.386 e. The van der Waals surface area contributed by atoms with E-state index in [2.05, 4.69) is 5.16 Å². The maximum atomic E-state index is 9.84. The first-order valence-electron chi connectivity index (χ1n) is 5.87. The normalized spacial score (nSPS) is 47.8. The molecule has 6 heteroatoms. The summed E-state index contributed by atoms with van der Waals surface area (Å²) in [6.45, 7) is 5.97. The van der Waals surface area contributed by atoms with E-state index in [0.29, 0.717) is 12.3 Å². The predicted octanol–water partition coefficient (Wildman–Crippen LogP) is 0.0409. The third kappa shape index (κ3) is 1.76. The maximum Gasteiger partial charge on any atom is 0.187 e. The first kappa shape index (κ1) is 11.4. The summed E-state index contributed by atoms with van der Waals surface area (Å²) < 4.78 is 16.9. The van der Waals surface area contributed by atoms with Gasteiger partial charge in [0.2, 0.25) is 0 Å². The molecule has 0 unspecified atom stereocenters. The van der Waals surface area contributed by atoms with Gasteiger partial charge < -0.3 is 24.2 Å². The summed E-state index contributed by atoms with van der Waals surface area (Å²) in [5.74, 6) is -0.603. The van der Waals surface area contributed by atoms with Crippen molar-refractivity contribution in [2.45, 2.75) is 57.1 Å². The van der Waals surface area contributed by atoms with Crippen LogP contribution in [0.4, 0.5) is 0 Å². The smallest absolute Gasteiger partial charge is 0.187 e. The fraction of sp³-hybridized carbons (Fsp3) is 0.909. The van der Waals surface area contributed by atoms with E-state index in [-0.39, 0.29) is 18.3 Å². The molecular formula is C11H17NO5. The first-order valence-corrected chi connectivity index (χ1v) is 5.87. The summed E-state index contributed by atoms with van der Waals surface area (Å²) >= 11 is 0. The molecule has 17 heavy (non-hydrogen) atoms. The Labute approximate surface area is 99.5 Å². The summed E-state index contributed by atoms with van der Waals surface area (Å²) in [6.07, 6.45) is -1.87. The molecule has 3 aliphatic heterocycles. The van der Waals surface area contributed by atoms with Crippen LogP contribution in [0.5, 0.6) is 0 Å². The molecule has 0 saturated carbocycles. The van der Waals surface area contributed by atoms with Crippen LogP contribution in [0.1, 0.15) is 20.8 Å². The Morgan fingerprint density at radius 1 is 1.41 bits per heavy atom. The van der Waals surface area contributed by atoms with Crippen LogP contribution < -0.4 is 0 Å². The molecule has 0 bridgehead atoms. The van der Waals surface area contributed by atoms with E-state index in [9.17, 15) is 5.11 Å². The van der Waals surface area contributed by atoms with Crippen LogP contribution >= 0.6 is 0 Å². The van der Waals surface area contributed by atoms with E-state index in [1.54, 1.807) is 0 Å². The Bertz CT molecular complexity index is 356. The van der Waals surface area contributed by atoms with Crippen LogP contribution in [-0.4, -0.2) is 53.7 Å². The Hall–Kier alpha value is -0.690. The number of rotatable bonds is 1. The lowest BCUT2D eigenvalue weighted by Crippen LogP contribution is -2.38. The van der Waals surface area contributed by atoms with Crippen molar-refractivity contribution in [3.63, 3.8) is 0 Å². The van der Waals surface area contributed by atoms with Gasteiger partial charge in [0.15, 0.2) is 11.9 Å². The van der Waals surface area contributed by atoms with Crippen LogP contribution in [0.25, 0.3) is 0 Å². The number of fused-ring (bicyclic) bond motifs is 1. The highest BCUT2D eigenvalue weighted by molar-refractivity contribution is 5.94. The molecule has 0 spiro atoms. The lowest BCUT2D eigenvalue weighted by Gasteiger charge is -2.18. The van der Waals surface area contributed by atoms with Crippen molar-refractivity contribution in [2.24, 2.45) is 5.16 Å². The molecule has 2 saturated heterocycles. The number of oxime groups is 1. The van der Waals surface area contributed by atoms with Gasteiger partial charge in [-0.1, -0.05) is 5.16 Å². The van der Waals surface area contributed by atoms with Crippen molar-refractivity contribution in [1.82, 2.24) is 0 Å². The van der Waals surface area contributed by atoms with Gasteiger partial charge in [0.25, 0.3) is 0 Å². The van der Waals surface area contributed by atoms with Gasteiger partial charge in [-0.3, -0.25) is 0 Å². The molecule has 0 radical (unpaired) electrons. The topological polar surface area (TPSA) is 69.5 Å². The second-order valence-electron chi connectivity index (χ2n) is 5.16. The number of hydrogen-bond acceptors (Lipinski definition) is 6. The summed E-state index contributed by atoms with van der Waals surface area (Å²) in [5.41, 5.74) is 0.684. The predicted molar refractivity (Wildman–Crippen MR) is 57.6 cm³/mol. The van der Waals surface area contributed by atoms with Crippen LogP contribution in [0.3, 0.4) is 0 Å². The highest BCUT2D eigenvalue weighted by Gasteiger charge is 2.53. The average Bonchev–Trinajstić information content (AvgIpc) is 2.86. The summed E-state index contributed by atoms with van der Waals surface area (Å²) in [7, 11) is 0. The van der Waals surface area contributed by atoms with E-state index in [1.165, 1.54) is 0 Å². The zero-order valence-corrected chi connectivity index (χ0v) is 10.1. The van der Waals surface area contributed by atoms with Crippen molar-refractivity contribution in [2.75, 3.05) is 6.61 Å². The van der Waals surface area contributed by atoms with Gasteiger partial charge in [-0.2, -0.15) is 0 Å². The average molecular weight is 243 g/mol. The fourth-order valence-electron chi connectivity index (χ4n) is 2.44. The maximum absolute atomic E-state index is 9.84. The summed E-state index contributed by atoms with van der Waals surface area (Å²) in [5, 5.41) is 13.8. The lowest BCUT2D eigenvalue weighted by atomic mass is 10.0. The molecule has 5 atom stereocenters.